The summed E-state index contributed by atoms with van der Waals surface area (Å²) in [6, 6.07) is 3.58. The van der Waals surface area contributed by atoms with Gasteiger partial charge in [0.1, 0.15) is 11.5 Å². The number of hydrogen-bond donors (Lipinski definition) is 1. The summed E-state index contributed by atoms with van der Waals surface area (Å²) < 4.78 is 39.8. The second-order valence-electron chi connectivity index (χ2n) is 6.08. The van der Waals surface area contributed by atoms with Crippen LogP contribution >= 0.6 is 0 Å². The Kier molecular flexibility index (Phi) is 6.21. The summed E-state index contributed by atoms with van der Waals surface area (Å²) in [6.07, 6.45) is 0. The van der Waals surface area contributed by atoms with Crippen molar-refractivity contribution in [2.45, 2.75) is 32.9 Å². The van der Waals surface area contributed by atoms with Crippen molar-refractivity contribution in [3.63, 3.8) is 0 Å². The second-order valence-corrected chi connectivity index (χ2v) is 7.89. The molecule has 1 aromatic heterocycles. The third-order valence-corrected chi connectivity index (χ3v) is 5.85. The predicted octanol–water partition coefficient (Wildman–Crippen LogP) is 1.14. The number of nitrogens with zero attached hydrogens (tertiary/aromatic N) is 2. The number of rotatable bonds is 7. The van der Waals surface area contributed by atoms with Crippen LogP contribution in [0.5, 0.6) is 0 Å². The van der Waals surface area contributed by atoms with Gasteiger partial charge in [0.2, 0.25) is 0 Å². The quantitative estimate of drug-likeness (QED) is 0.802. The highest BCUT2D eigenvalue weighted by Gasteiger charge is 2.28. The van der Waals surface area contributed by atoms with Crippen molar-refractivity contribution >= 4 is 10.2 Å². The molecule has 1 aliphatic heterocycles. The fourth-order valence-corrected chi connectivity index (χ4v) is 3.62. The normalized spacial score (nSPS) is 18.7. The van der Waals surface area contributed by atoms with Gasteiger partial charge >= 0.3 is 0 Å². The van der Waals surface area contributed by atoms with Crippen LogP contribution in [0.2, 0.25) is 0 Å². The first kappa shape index (κ1) is 18.4. The van der Waals surface area contributed by atoms with Crippen LogP contribution in [0.4, 0.5) is 0 Å². The standard InChI is InChI=1S/C15H27N3O4S/c1-12(2)17(4)23(19,20)16-11-14(15-6-5-13(3)22-15)18-7-9-21-10-8-18/h5-6,12,14,16H,7-11H2,1-4H3. The average molecular weight is 345 g/mol. The molecule has 1 unspecified atom stereocenters. The first-order valence-corrected chi connectivity index (χ1v) is 9.36. The number of nitrogens with one attached hydrogen (secondary N) is 1. The lowest BCUT2D eigenvalue weighted by molar-refractivity contribution is 0.0126. The summed E-state index contributed by atoms with van der Waals surface area (Å²) >= 11 is 0. The van der Waals surface area contributed by atoms with E-state index in [1.54, 1.807) is 7.05 Å². The minimum atomic E-state index is -3.51. The third kappa shape index (κ3) is 4.77. The minimum Gasteiger partial charge on any atom is -0.465 e. The SMILES string of the molecule is Cc1ccc(C(CNS(=O)(=O)N(C)C(C)C)N2CCOCC2)o1. The molecule has 1 fully saturated rings. The lowest BCUT2D eigenvalue weighted by Gasteiger charge is -2.34. The van der Waals surface area contributed by atoms with Crippen LogP contribution in [-0.4, -0.2) is 63.6 Å². The molecule has 0 aliphatic carbocycles. The van der Waals surface area contributed by atoms with Crippen molar-refractivity contribution in [2.75, 3.05) is 39.9 Å². The molecule has 132 valence electrons. The Bertz CT molecular complexity index is 594. The number of hydrogen-bond acceptors (Lipinski definition) is 5. The smallest absolute Gasteiger partial charge is 0.279 e. The maximum atomic E-state index is 12.3. The molecule has 2 heterocycles. The molecule has 0 amide bonds. The summed E-state index contributed by atoms with van der Waals surface area (Å²) in [5, 5.41) is 0. The molecule has 0 aromatic carbocycles. The van der Waals surface area contributed by atoms with E-state index in [9.17, 15) is 8.42 Å². The largest absolute Gasteiger partial charge is 0.465 e. The Morgan fingerprint density at radius 2 is 1.96 bits per heavy atom. The monoisotopic (exact) mass is 345 g/mol. The Labute approximate surface area is 138 Å². The Morgan fingerprint density at radius 3 is 2.48 bits per heavy atom. The van der Waals surface area contributed by atoms with E-state index >= 15 is 0 Å². The molecular formula is C15H27N3O4S. The summed E-state index contributed by atoms with van der Waals surface area (Å²) in [5.74, 6) is 1.60. The van der Waals surface area contributed by atoms with Crippen LogP contribution in [0.1, 0.15) is 31.4 Å². The van der Waals surface area contributed by atoms with E-state index in [1.165, 1.54) is 4.31 Å². The topological polar surface area (TPSA) is 75.0 Å². The highest BCUT2D eigenvalue weighted by molar-refractivity contribution is 7.87. The third-order valence-electron chi connectivity index (χ3n) is 4.14. The van der Waals surface area contributed by atoms with Crippen molar-refractivity contribution in [1.82, 2.24) is 13.9 Å². The van der Waals surface area contributed by atoms with Crippen molar-refractivity contribution in [1.29, 1.82) is 0 Å². The molecule has 0 radical (unpaired) electrons. The van der Waals surface area contributed by atoms with Crippen molar-refractivity contribution < 1.29 is 17.6 Å². The summed E-state index contributed by atoms with van der Waals surface area (Å²) in [6.45, 7) is 8.65. The maximum Gasteiger partial charge on any atom is 0.279 e. The van der Waals surface area contributed by atoms with Crippen LogP contribution < -0.4 is 4.72 Å². The van der Waals surface area contributed by atoms with E-state index in [0.717, 1.165) is 24.6 Å². The van der Waals surface area contributed by atoms with Crippen LogP contribution in [0, 0.1) is 6.92 Å². The minimum absolute atomic E-state index is 0.0970. The van der Waals surface area contributed by atoms with Gasteiger partial charge in [0.25, 0.3) is 10.2 Å². The van der Waals surface area contributed by atoms with Crippen molar-refractivity contribution in [2.24, 2.45) is 0 Å². The van der Waals surface area contributed by atoms with E-state index in [-0.39, 0.29) is 18.6 Å². The van der Waals surface area contributed by atoms with Gasteiger partial charge in [0.05, 0.1) is 19.3 Å². The zero-order chi connectivity index (χ0) is 17.0. The summed E-state index contributed by atoms with van der Waals surface area (Å²) in [5.41, 5.74) is 0. The molecule has 1 aliphatic rings. The molecule has 1 N–H and O–H groups in total. The summed E-state index contributed by atoms with van der Waals surface area (Å²) in [7, 11) is -1.93. The van der Waals surface area contributed by atoms with Gasteiger partial charge in [0, 0.05) is 32.7 Å². The number of morpholine rings is 1. The molecule has 1 aromatic rings. The Morgan fingerprint density at radius 1 is 1.30 bits per heavy atom. The summed E-state index contributed by atoms with van der Waals surface area (Å²) in [4.78, 5) is 2.19. The molecule has 1 saturated heterocycles. The van der Waals surface area contributed by atoms with Crippen molar-refractivity contribution in [3.05, 3.63) is 23.7 Å². The van der Waals surface area contributed by atoms with Crippen LogP contribution in [0.25, 0.3) is 0 Å². The van der Waals surface area contributed by atoms with Gasteiger partial charge < -0.3 is 9.15 Å². The second kappa shape index (κ2) is 7.76. The van der Waals surface area contributed by atoms with Crippen LogP contribution in [0.15, 0.2) is 16.5 Å². The fourth-order valence-electron chi connectivity index (χ4n) is 2.49. The van der Waals surface area contributed by atoms with Gasteiger partial charge in [-0.15, -0.1) is 0 Å². The Balaban J connectivity index is 2.12. The first-order chi connectivity index (χ1) is 10.8. The average Bonchev–Trinajstić information content (AvgIpc) is 2.94. The Hall–Kier alpha value is -0.930. The van der Waals surface area contributed by atoms with Crippen LogP contribution in [0.3, 0.4) is 0 Å². The highest BCUT2D eigenvalue weighted by Crippen LogP contribution is 2.23. The molecule has 0 bridgehead atoms. The van der Waals surface area contributed by atoms with Gasteiger partial charge in [-0.2, -0.15) is 12.7 Å². The van der Waals surface area contributed by atoms with E-state index in [4.69, 9.17) is 9.15 Å². The zero-order valence-corrected chi connectivity index (χ0v) is 15.1. The highest BCUT2D eigenvalue weighted by atomic mass is 32.2. The van der Waals surface area contributed by atoms with Gasteiger partial charge in [-0.25, -0.2) is 4.72 Å². The molecule has 8 heteroatoms. The van der Waals surface area contributed by atoms with E-state index in [0.29, 0.717) is 13.2 Å². The lowest BCUT2D eigenvalue weighted by atomic mass is 10.2. The van der Waals surface area contributed by atoms with E-state index < -0.39 is 10.2 Å². The zero-order valence-electron chi connectivity index (χ0n) is 14.3. The van der Waals surface area contributed by atoms with Crippen molar-refractivity contribution in [3.8, 4) is 0 Å². The van der Waals surface area contributed by atoms with Gasteiger partial charge in [0.15, 0.2) is 0 Å². The molecule has 2 rings (SSSR count). The van der Waals surface area contributed by atoms with Crippen LogP contribution in [-0.2, 0) is 14.9 Å². The first-order valence-electron chi connectivity index (χ1n) is 7.92. The molecule has 1 atom stereocenters. The molecule has 0 spiro atoms. The molecule has 0 saturated carbocycles. The maximum absolute atomic E-state index is 12.3. The van der Waals surface area contributed by atoms with Gasteiger partial charge in [-0.05, 0) is 32.9 Å². The van der Waals surface area contributed by atoms with Gasteiger partial charge in [-0.1, -0.05) is 0 Å². The molecule has 7 nitrogen and oxygen atoms in total. The fraction of sp³-hybridized carbons (Fsp3) is 0.733. The number of ether oxygens (including phenoxy) is 1. The van der Waals surface area contributed by atoms with Gasteiger partial charge in [-0.3, -0.25) is 4.90 Å². The lowest BCUT2D eigenvalue weighted by Crippen LogP contribution is -2.47. The molecule has 23 heavy (non-hydrogen) atoms. The van der Waals surface area contributed by atoms with E-state index in [1.807, 2.05) is 32.9 Å². The van der Waals surface area contributed by atoms with E-state index in [2.05, 4.69) is 9.62 Å². The number of furan rings is 1. The predicted molar refractivity (Wildman–Crippen MR) is 88.4 cm³/mol. The molecular weight excluding hydrogens is 318 g/mol. The number of aryl methyl sites for hydroxylation is 1.